The summed E-state index contributed by atoms with van der Waals surface area (Å²) in [6.07, 6.45) is 0. The molecule has 19 aromatic rings. The van der Waals surface area contributed by atoms with Crippen LogP contribution in [0.3, 0.4) is 0 Å². The van der Waals surface area contributed by atoms with E-state index in [0.717, 1.165) is 0 Å². The van der Waals surface area contributed by atoms with Crippen LogP contribution in [-0.2, 0) is 0 Å². The van der Waals surface area contributed by atoms with E-state index in [9.17, 15) is 21.9 Å². The molecule has 0 aliphatic rings. The second-order valence-corrected chi connectivity index (χ2v) is 20.4. The van der Waals surface area contributed by atoms with Gasteiger partial charge in [-0.25, -0.2) is 0 Å². The van der Waals surface area contributed by atoms with E-state index in [4.69, 9.17) is 43.9 Å². The number of hydrogen-bond acceptors (Lipinski definition) is 0. The summed E-state index contributed by atoms with van der Waals surface area (Å²) >= 11 is 0. The lowest BCUT2D eigenvalue weighted by atomic mass is 9.83. The van der Waals surface area contributed by atoms with E-state index in [-0.39, 0.29) is 86.9 Å². The molecule has 0 radical (unpaired) electrons. The topological polar surface area (TPSA) is 0 Å². The molecule has 0 heterocycles. The molecule has 0 spiro atoms. The van der Waals surface area contributed by atoms with E-state index < -0.39 is 378 Å². The number of hydrogen-bond donors (Lipinski definition) is 0. The molecule has 0 N–H and O–H groups in total. The fraction of sp³-hybridized carbons (Fsp3) is 0. The first kappa shape index (κ1) is 22.8. The highest BCUT2D eigenvalue weighted by molar-refractivity contribution is 6.28. The summed E-state index contributed by atoms with van der Waals surface area (Å²) in [4.78, 5) is 0. The minimum Gasteiger partial charge on any atom is -0.0622 e. The van der Waals surface area contributed by atoms with Gasteiger partial charge in [-0.05, 0) is 216 Å². The van der Waals surface area contributed by atoms with Crippen molar-refractivity contribution in [3.63, 3.8) is 0 Å². The van der Waals surface area contributed by atoms with Gasteiger partial charge in [0.15, 0.2) is 0 Å². The quantitative estimate of drug-likeness (QED) is 0.110. The largest absolute Gasteiger partial charge is 0.0636 e. The Bertz CT molecular complexity index is 8680. The standard InChI is InChI=1S/C46H30.C44H26/c1-2-11-31(12-3-1)38-27-28-43-44(30-38)46(40-20-10-16-34-14-6-7-17-39(34)40)42-19-9-8-18-41(42)45(43)35-24-21-33(22-25-35)37-26-23-32-13-4-5-15-36(32)29-37;1-2-6-27(7-3-1)34-24-35(37-20-16-32-14-12-28-8-4-10-30-18-22-39(37)43(32)41(28)30)26-36(25-34)38-21-17-33-15-13-29-9-5-11-31-19-23-40(38)44(33)42(29)31/h1-30H;1-26H/i1D,2D,3D,4D,5D,6D,7D,8D,9D,10D,11D,12D,13D,14D,15D,16D,17D,18D,19D,20D,21D,22D,23D,24D,25D,26D,27D,28D,29D,30D;4D,5D,8D,9D,10D,11D,12D,13D,14D,15D,16D,17D,18D,19D,20D,21D,22D,23D. The van der Waals surface area contributed by atoms with Crippen LogP contribution in [0.1, 0.15) is 65.8 Å². The van der Waals surface area contributed by atoms with E-state index >= 15 is 0 Å². The van der Waals surface area contributed by atoms with Crippen LogP contribution in [0.25, 0.3) is 186 Å². The monoisotopic (exact) mass is 1180 g/mol. The molecule has 0 saturated heterocycles. The van der Waals surface area contributed by atoms with Gasteiger partial charge in [-0.15, -0.1) is 0 Å². The second kappa shape index (κ2) is 21.0. The zero-order valence-electron chi connectivity index (χ0n) is 93.6. The zero-order chi connectivity index (χ0) is 101. The summed E-state index contributed by atoms with van der Waals surface area (Å²) in [5, 5.41) is -7.57. The van der Waals surface area contributed by atoms with Gasteiger partial charge in [-0.2, -0.15) is 0 Å². The normalized spacial score (nSPS) is 19.2. The molecule has 0 aliphatic heterocycles. The van der Waals surface area contributed by atoms with Crippen molar-refractivity contribution in [2.45, 2.75) is 0 Å². The Hall–Kier alpha value is -11.7. The van der Waals surface area contributed by atoms with Crippen LogP contribution in [0, 0.1) is 0 Å². The summed E-state index contributed by atoms with van der Waals surface area (Å²) in [5.74, 6) is 0. The predicted molar refractivity (Wildman–Crippen MR) is 388 cm³/mol. The molecule has 416 valence electrons. The average Bonchev–Trinajstić information content (AvgIpc) is 0.689. The van der Waals surface area contributed by atoms with Crippen LogP contribution in [0.2, 0.25) is 0 Å². The highest BCUT2D eigenvalue weighted by Crippen LogP contribution is 2.48. The SMILES string of the molecule is [2H]c1c([2H])c([2H])c(-c2c([2H])c([2H])c3c(-c4c([2H])c([2H])c(-c5c([2H])c([2H])c6c([2H])c([2H])c([2H])c([2H])c6c5[2H])c([2H])c4[2H])c4c([2H])c([2H])c([2H])c([2H])c4c(-c4c([2H])c([2H])c([2H])c5c([2H])c([2H])c([2H])c([2H])c45)c3c2[2H])c([2H])c1[2H].[2H]c1c([2H])c2c([2H])c([2H])c3c([2H])c([2H])c(-c4cc(-c5ccccc5)cc(-c5c([2H])c([2H])c6c([2H])c([2H])c7c([2H])c([2H])c([2H])c8c([2H])c([2H])c5c6c78)c4)c4c([2H])c([2H])c(c1[2H])c2c34. The van der Waals surface area contributed by atoms with Crippen molar-refractivity contribution in [3.05, 3.63) is 339 Å². The Morgan fingerprint density at radius 2 is 0.589 bits per heavy atom. The predicted octanol–water partition coefficient (Wildman–Crippen LogP) is 25.4. The Labute approximate surface area is 589 Å². The lowest BCUT2D eigenvalue weighted by Gasteiger charge is -2.20. The summed E-state index contributed by atoms with van der Waals surface area (Å²) < 4.78 is 432. The van der Waals surface area contributed by atoms with Crippen LogP contribution in [-0.4, -0.2) is 0 Å². The molecule has 90 heavy (non-hydrogen) atoms. The molecule has 0 aliphatic carbocycles. The molecule has 0 nitrogen and oxygen atoms in total. The summed E-state index contributed by atoms with van der Waals surface area (Å²) in [6.45, 7) is 0. The molecule has 0 atom stereocenters. The Morgan fingerprint density at radius 3 is 1.23 bits per heavy atom. The zero-order valence-corrected chi connectivity index (χ0v) is 45.6. The van der Waals surface area contributed by atoms with Gasteiger partial charge in [0.25, 0.3) is 0 Å². The molecule has 0 amide bonds. The van der Waals surface area contributed by atoms with E-state index in [0.29, 0.717) is 11.1 Å². The van der Waals surface area contributed by atoms with Crippen molar-refractivity contribution in [2.24, 2.45) is 0 Å². The van der Waals surface area contributed by atoms with Crippen LogP contribution in [0.15, 0.2) is 339 Å². The van der Waals surface area contributed by atoms with Gasteiger partial charge >= 0.3 is 0 Å². The summed E-state index contributed by atoms with van der Waals surface area (Å²) in [6, 6.07) is -25.9. The van der Waals surface area contributed by atoms with Crippen molar-refractivity contribution in [2.75, 3.05) is 0 Å². The molecule has 0 fully saturated rings. The summed E-state index contributed by atoms with van der Waals surface area (Å²) in [7, 11) is 0. The third kappa shape index (κ3) is 8.52. The maximum atomic E-state index is 10.0. The van der Waals surface area contributed by atoms with E-state index in [1.54, 1.807) is 42.5 Å². The Balaban J connectivity index is 0.000000187. The summed E-state index contributed by atoms with van der Waals surface area (Å²) in [5.41, 5.74) is -5.74. The maximum absolute atomic E-state index is 10.0. The van der Waals surface area contributed by atoms with E-state index in [2.05, 4.69) is 0 Å². The van der Waals surface area contributed by atoms with E-state index in [1.807, 2.05) is 0 Å². The number of rotatable bonds is 7. The van der Waals surface area contributed by atoms with Crippen LogP contribution in [0.5, 0.6) is 0 Å². The third-order valence-electron chi connectivity index (χ3n) is 15.4. The minimum atomic E-state index is -1.17. The molecule has 0 unspecified atom stereocenters. The van der Waals surface area contributed by atoms with Crippen molar-refractivity contribution in [1.82, 2.24) is 0 Å². The lowest BCUT2D eigenvalue weighted by Crippen LogP contribution is -1.92. The van der Waals surface area contributed by atoms with Crippen molar-refractivity contribution < 1.29 is 65.8 Å². The molecule has 0 saturated carbocycles. The molecule has 19 aromatic carbocycles. The maximum Gasteiger partial charge on any atom is 0.0636 e. The second-order valence-electron chi connectivity index (χ2n) is 20.4. The molecule has 19 rings (SSSR count). The third-order valence-corrected chi connectivity index (χ3v) is 15.4. The smallest absolute Gasteiger partial charge is 0.0622 e. The Morgan fingerprint density at radius 1 is 0.178 bits per heavy atom. The van der Waals surface area contributed by atoms with Gasteiger partial charge in [-0.3, -0.25) is 0 Å². The molecular formula is C90H56. The van der Waals surface area contributed by atoms with Crippen LogP contribution >= 0.6 is 0 Å². The van der Waals surface area contributed by atoms with Crippen molar-refractivity contribution >= 4 is 108 Å². The number of benzene rings is 19. The average molecular weight is 1190 g/mol. The van der Waals surface area contributed by atoms with Gasteiger partial charge in [0.1, 0.15) is 0 Å². The molecule has 0 heteroatoms. The lowest BCUT2D eigenvalue weighted by molar-refractivity contribution is 1.59. The van der Waals surface area contributed by atoms with Crippen molar-refractivity contribution in [3.8, 4) is 77.9 Å². The fourth-order valence-electron chi connectivity index (χ4n) is 11.5. The van der Waals surface area contributed by atoms with Gasteiger partial charge in [-0.1, -0.05) is 308 Å². The number of fused-ring (bicyclic) bond motifs is 4. The molecule has 0 bridgehead atoms. The van der Waals surface area contributed by atoms with Crippen LogP contribution in [0.4, 0.5) is 0 Å². The van der Waals surface area contributed by atoms with Gasteiger partial charge in [0, 0.05) is 0 Å². The van der Waals surface area contributed by atoms with Crippen molar-refractivity contribution in [1.29, 1.82) is 0 Å². The molecule has 0 aromatic heterocycles. The minimum absolute atomic E-state index is 0.00774. The van der Waals surface area contributed by atoms with Gasteiger partial charge in [0.05, 0.1) is 65.8 Å². The fourth-order valence-corrected chi connectivity index (χ4v) is 11.5. The van der Waals surface area contributed by atoms with Crippen LogP contribution < -0.4 is 0 Å². The first-order valence-corrected chi connectivity index (χ1v) is 27.4. The van der Waals surface area contributed by atoms with Gasteiger partial charge in [0.2, 0.25) is 0 Å². The first-order chi connectivity index (χ1) is 64.6. The Kier molecular flexibility index (Phi) is 5.32. The highest BCUT2D eigenvalue weighted by atomic mass is 14.2. The van der Waals surface area contributed by atoms with Gasteiger partial charge < -0.3 is 0 Å². The first-order valence-electron chi connectivity index (χ1n) is 51.4. The highest BCUT2D eigenvalue weighted by Gasteiger charge is 2.21. The van der Waals surface area contributed by atoms with E-state index in [1.165, 1.54) is 6.07 Å². The molecular weight excluding hydrogens is 1080 g/mol.